The maximum Gasteiger partial charge on any atom is 0.173 e. The van der Waals surface area contributed by atoms with Crippen molar-refractivity contribution in [3.8, 4) is 6.07 Å². The van der Waals surface area contributed by atoms with Crippen LogP contribution in [0.2, 0.25) is 0 Å². The maximum absolute atomic E-state index is 9.16. The normalized spacial score (nSPS) is 16.1. The average molecular weight is 387 g/mol. The summed E-state index contributed by atoms with van der Waals surface area (Å²) in [5.74, 6) is 0.882. The molecular formula is C23H26N6. The zero-order chi connectivity index (χ0) is 19.9. The van der Waals surface area contributed by atoms with Crippen molar-refractivity contribution in [3.63, 3.8) is 0 Å². The monoisotopic (exact) mass is 386 g/mol. The Bertz CT molecular complexity index is 934. The van der Waals surface area contributed by atoms with Gasteiger partial charge < -0.3 is 0 Å². The predicted molar refractivity (Wildman–Crippen MR) is 111 cm³/mol. The van der Waals surface area contributed by atoms with E-state index >= 15 is 0 Å². The quantitative estimate of drug-likeness (QED) is 0.645. The van der Waals surface area contributed by atoms with E-state index in [1.807, 2.05) is 35.0 Å². The van der Waals surface area contributed by atoms with E-state index in [4.69, 9.17) is 5.26 Å². The highest BCUT2D eigenvalue weighted by Gasteiger charge is 2.28. The highest BCUT2D eigenvalue weighted by Crippen LogP contribution is 2.29. The molecule has 1 atom stereocenters. The molecule has 1 fully saturated rings. The van der Waals surface area contributed by atoms with Gasteiger partial charge in [0, 0.05) is 6.54 Å². The van der Waals surface area contributed by atoms with Crippen LogP contribution in [-0.2, 0) is 13.0 Å². The number of hydrogen-bond donors (Lipinski definition) is 0. The molecule has 0 bridgehead atoms. The first-order valence-electron chi connectivity index (χ1n) is 10.4. The summed E-state index contributed by atoms with van der Waals surface area (Å²) in [6.07, 6.45) is 5.82. The van der Waals surface area contributed by atoms with Crippen molar-refractivity contribution < 1.29 is 0 Å². The van der Waals surface area contributed by atoms with Crippen LogP contribution in [-0.4, -0.2) is 38.2 Å². The molecule has 0 N–H and O–H groups in total. The number of benzene rings is 2. The summed E-state index contributed by atoms with van der Waals surface area (Å²) < 4.78 is 1.95. The van der Waals surface area contributed by atoms with E-state index in [1.54, 1.807) is 0 Å². The third-order valence-corrected chi connectivity index (χ3v) is 5.62. The van der Waals surface area contributed by atoms with E-state index in [1.165, 1.54) is 31.2 Å². The van der Waals surface area contributed by atoms with Crippen LogP contribution < -0.4 is 0 Å². The van der Waals surface area contributed by atoms with Gasteiger partial charge in [-0.25, -0.2) is 4.68 Å². The van der Waals surface area contributed by atoms with Crippen molar-refractivity contribution >= 4 is 0 Å². The SMILES string of the molecule is N#Cc1ccc([C@@H](c2nnnn2CCc2ccccc2)N2CCCCCC2)cc1. The first-order chi connectivity index (χ1) is 14.3. The molecule has 0 saturated carbocycles. The molecule has 6 nitrogen and oxygen atoms in total. The minimum absolute atomic E-state index is 0.00613. The third kappa shape index (κ3) is 4.69. The highest BCUT2D eigenvalue weighted by atomic mass is 15.5. The van der Waals surface area contributed by atoms with Crippen molar-refractivity contribution in [2.75, 3.05) is 13.1 Å². The van der Waals surface area contributed by atoms with Crippen LogP contribution in [0.1, 0.15) is 54.2 Å². The van der Waals surface area contributed by atoms with E-state index in [0.29, 0.717) is 5.56 Å². The summed E-state index contributed by atoms with van der Waals surface area (Å²) in [6, 6.07) is 20.5. The fourth-order valence-electron chi connectivity index (χ4n) is 4.06. The lowest BCUT2D eigenvalue weighted by Gasteiger charge is -2.30. The van der Waals surface area contributed by atoms with Crippen LogP contribution in [0.3, 0.4) is 0 Å². The number of tetrazole rings is 1. The topological polar surface area (TPSA) is 70.6 Å². The lowest BCUT2D eigenvalue weighted by Crippen LogP contribution is -2.33. The van der Waals surface area contributed by atoms with Gasteiger partial charge in [-0.2, -0.15) is 5.26 Å². The van der Waals surface area contributed by atoms with Gasteiger partial charge in [0.15, 0.2) is 5.82 Å². The fourth-order valence-corrected chi connectivity index (χ4v) is 4.06. The van der Waals surface area contributed by atoms with Crippen LogP contribution in [0.15, 0.2) is 54.6 Å². The van der Waals surface area contributed by atoms with Gasteiger partial charge in [0.1, 0.15) is 0 Å². The van der Waals surface area contributed by atoms with E-state index < -0.39 is 0 Å². The van der Waals surface area contributed by atoms with Gasteiger partial charge in [0.05, 0.1) is 17.7 Å². The Morgan fingerprint density at radius 2 is 1.66 bits per heavy atom. The minimum Gasteiger partial charge on any atom is -0.290 e. The Morgan fingerprint density at radius 3 is 2.34 bits per heavy atom. The lowest BCUT2D eigenvalue weighted by atomic mass is 10.0. The smallest absolute Gasteiger partial charge is 0.173 e. The Morgan fingerprint density at radius 1 is 0.931 bits per heavy atom. The van der Waals surface area contributed by atoms with E-state index in [9.17, 15) is 0 Å². The van der Waals surface area contributed by atoms with Crippen LogP contribution >= 0.6 is 0 Å². The molecule has 2 aromatic carbocycles. The molecule has 0 unspecified atom stereocenters. The molecule has 1 aliphatic heterocycles. The molecule has 3 aromatic rings. The van der Waals surface area contributed by atoms with Crippen LogP contribution in [0, 0.1) is 11.3 Å². The standard InChI is InChI=1S/C23H26N6/c24-18-20-10-12-21(13-11-20)22(28-15-6-1-2-7-16-28)23-25-26-27-29(23)17-14-19-8-4-3-5-9-19/h3-5,8-13,22H,1-2,6-7,14-17H2/t22-/m0/s1. The highest BCUT2D eigenvalue weighted by molar-refractivity contribution is 5.34. The van der Waals surface area contributed by atoms with Crippen LogP contribution in [0.25, 0.3) is 0 Å². The molecule has 2 heterocycles. The molecule has 148 valence electrons. The molecule has 0 aliphatic carbocycles. The van der Waals surface area contributed by atoms with Crippen molar-refractivity contribution in [2.24, 2.45) is 0 Å². The van der Waals surface area contributed by atoms with Gasteiger partial charge in [-0.1, -0.05) is 55.3 Å². The summed E-state index contributed by atoms with van der Waals surface area (Å²) >= 11 is 0. The fraction of sp³-hybridized carbons (Fsp3) is 0.391. The second-order valence-electron chi connectivity index (χ2n) is 7.58. The molecule has 1 saturated heterocycles. The Balaban J connectivity index is 1.64. The van der Waals surface area contributed by atoms with Crippen molar-refractivity contribution in [1.82, 2.24) is 25.1 Å². The average Bonchev–Trinajstić information content (AvgIpc) is 3.06. The lowest BCUT2D eigenvalue weighted by molar-refractivity contribution is 0.221. The number of likely N-dealkylation sites (tertiary alicyclic amines) is 1. The molecule has 4 rings (SSSR count). The largest absolute Gasteiger partial charge is 0.290 e. The molecular weight excluding hydrogens is 360 g/mol. The summed E-state index contributed by atoms with van der Waals surface area (Å²) in [6.45, 7) is 2.82. The molecule has 6 heteroatoms. The number of rotatable bonds is 6. The zero-order valence-electron chi connectivity index (χ0n) is 16.6. The van der Waals surface area contributed by atoms with Gasteiger partial charge in [0.25, 0.3) is 0 Å². The summed E-state index contributed by atoms with van der Waals surface area (Å²) in [7, 11) is 0. The Hall–Kier alpha value is -3.04. The number of hydrogen-bond acceptors (Lipinski definition) is 5. The summed E-state index contributed by atoms with van der Waals surface area (Å²) in [5.41, 5.74) is 3.09. The van der Waals surface area contributed by atoms with Crippen molar-refractivity contribution in [1.29, 1.82) is 5.26 Å². The van der Waals surface area contributed by atoms with E-state index in [-0.39, 0.29) is 6.04 Å². The number of nitriles is 1. The second kappa shape index (κ2) is 9.44. The minimum atomic E-state index is 0.00613. The van der Waals surface area contributed by atoms with Gasteiger partial charge in [-0.05, 0) is 66.0 Å². The van der Waals surface area contributed by atoms with E-state index in [0.717, 1.165) is 37.4 Å². The first-order valence-corrected chi connectivity index (χ1v) is 10.4. The summed E-state index contributed by atoms with van der Waals surface area (Å²) in [5, 5.41) is 21.9. The van der Waals surface area contributed by atoms with Crippen molar-refractivity contribution in [3.05, 3.63) is 77.1 Å². The predicted octanol–water partition coefficient (Wildman–Crippen LogP) is 3.75. The number of aromatic nitrogens is 4. The Labute approximate surface area is 171 Å². The van der Waals surface area contributed by atoms with Gasteiger partial charge in [-0.3, -0.25) is 4.90 Å². The second-order valence-corrected chi connectivity index (χ2v) is 7.58. The Kier molecular flexibility index (Phi) is 6.28. The number of aryl methyl sites for hydroxylation is 2. The number of nitrogens with zero attached hydrogens (tertiary/aromatic N) is 6. The molecule has 0 radical (unpaired) electrons. The van der Waals surface area contributed by atoms with Crippen LogP contribution in [0.5, 0.6) is 0 Å². The van der Waals surface area contributed by atoms with Gasteiger partial charge in [0.2, 0.25) is 0 Å². The van der Waals surface area contributed by atoms with Crippen molar-refractivity contribution in [2.45, 2.75) is 44.7 Å². The molecule has 1 aromatic heterocycles. The van der Waals surface area contributed by atoms with Gasteiger partial charge >= 0.3 is 0 Å². The molecule has 0 amide bonds. The first kappa shape index (κ1) is 19.3. The van der Waals surface area contributed by atoms with Crippen LogP contribution in [0.4, 0.5) is 0 Å². The van der Waals surface area contributed by atoms with Gasteiger partial charge in [-0.15, -0.1) is 5.10 Å². The molecule has 1 aliphatic rings. The molecule has 29 heavy (non-hydrogen) atoms. The third-order valence-electron chi connectivity index (χ3n) is 5.62. The maximum atomic E-state index is 9.16. The summed E-state index contributed by atoms with van der Waals surface area (Å²) in [4.78, 5) is 2.50. The molecule has 0 spiro atoms. The van der Waals surface area contributed by atoms with E-state index in [2.05, 4.69) is 50.8 Å². The zero-order valence-corrected chi connectivity index (χ0v) is 16.6.